The van der Waals surface area contributed by atoms with E-state index in [4.69, 9.17) is 0 Å². The summed E-state index contributed by atoms with van der Waals surface area (Å²) in [6.07, 6.45) is 6.36. The number of aromatic nitrogens is 4. The van der Waals surface area contributed by atoms with Gasteiger partial charge in [-0.25, -0.2) is 9.97 Å². The molecule has 1 fully saturated rings. The van der Waals surface area contributed by atoms with Gasteiger partial charge in [-0.05, 0) is 37.3 Å². The summed E-state index contributed by atoms with van der Waals surface area (Å²) in [6, 6.07) is 4.70. The normalized spacial score (nSPS) is 17.0. The van der Waals surface area contributed by atoms with Gasteiger partial charge in [-0.3, -0.25) is 0 Å². The van der Waals surface area contributed by atoms with Gasteiger partial charge in [-0.15, -0.1) is 5.10 Å². The fourth-order valence-corrected chi connectivity index (χ4v) is 3.48. The van der Waals surface area contributed by atoms with Gasteiger partial charge >= 0.3 is 0 Å². The predicted octanol–water partition coefficient (Wildman–Crippen LogP) is 1.54. The second-order valence-electron chi connectivity index (χ2n) is 7.18. The minimum atomic E-state index is 0.433. The van der Waals surface area contributed by atoms with Crippen molar-refractivity contribution >= 4 is 17.5 Å². The number of anilines is 3. The quantitative estimate of drug-likeness (QED) is 0.837. The third kappa shape index (κ3) is 3.10. The first-order chi connectivity index (χ1) is 12.1. The SMILES string of the molecule is CN(C)c1cc(N(C)C2CN(c3cc4c(nn3)CCCC4)C2)ncn1. The van der Waals surface area contributed by atoms with Crippen molar-refractivity contribution in [1.82, 2.24) is 20.2 Å². The number of rotatable bonds is 4. The molecule has 7 heteroatoms. The van der Waals surface area contributed by atoms with Crippen LogP contribution in [-0.4, -0.2) is 60.4 Å². The van der Waals surface area contributed by atoms with Crippen LogP contribution in [0.4, 0.5) is 17.5 Å². The molecule has 1 saturated heterocycles. The van der Waals surface area contributed by atoms with Crippen molar-refractivity contribution < 1.29 is 0 Å². The summed E-state index contributed by atoms with van der Waals surface area (Å²) in [7, 11) is 6.08. The summed E-state index contributed by atoms with van der Waals surface area (Å²) in [5.41, 5.74) is 2.58. The van der Waals surface area contributed by atoms with E-state index in [1.165, 1.54) is 24.1 Å². The molecule has 0 bridgehead atoms. The predicted molar refractivity (Wildman–Crippen MR) is 99.4 cm³/mol. The maximum Gasteiger partial charge on any atom is 0.151 e. The fourth-order valence-electron chi connectivity index (χ4n) is 3.48. The molecule has 0 aromatic carbocycles. The Kier molecular flexibility index (Phi) is 4.15. The highest BCUT2D eigenvalue weighted by Crippen LogP contribution is 2.27. The average Bonchev–Trinajstić information content (AvgIpc) is 2.60. The topological polar surface area (TPSA) is 61.3 Å². The molecule has 1 aliphatic carbocycles. The number of likely N-dealkylation sites (N-methyl/N-ethyl adjacent to an activating group) is 1. The molecule has 0 spiro atoms. The summed E-state index contributed by atoms with van der Waals surface area (Å²) >= 11 is 0. The Morgan fingerprint density at radius 1 is 0.960 bits per heavy atom. The van der Waals surface area contributed by atoms with Gasteiger partial charge in [0.25, 0.3) is 0 Å². The molecule has 4 rings (SSSR count). The van der Waals surface area contributed by atoms with Gasteiger partial charge < -0.3 is 14.7 Å². The van der Waals surface area contributed by atoms with E-state index in [9.17, 15) is 0 Å². The van der Waals surface area contributed by atoms with Crippen LogP contribution < -0.4 is 14.7 Å². The monoisotopic (exact) mass is 339 g/mol. The van der Waals surface area contributed by atoms with Crippen molar-refractivity contribution in [2.24, 2.45) is 0 Å². The van der Waals surface area contributed by atoms with Crippen LogP contribution in [0.1, 0.15) is 24.1 Å². The Balaban J connectivity index is 1.42. The zero-order valence-corrected chi connectivity index (χ0v) is 15.2. The molecule has 0 N–H and O–H groups in total. The molecule has 0 amide bonds. The van der Waals surface area contributed by atoms with Gasteiger partial charge in [0.05, 0.1) is 11.7 Å². The van der Waals surface area contributed by atoms with Gasteiger partial charge in [0.1, 0.15) is 18.0 Å². The molecule has 0 radical (unpaired) electrons. The first kappa shape index (κ1) is 16.1. The summed E-state index contributed by atoms with van der Waals surface area (Å²) in [6.45, 7) is 1.90. The molecule has 2 aromatic rings. The Hall–Kier alpha value is -2.44. The van der Waals surface area contributed by atoms with E-state index in [0.29, 0.717) is 6.04 Å². The molecule has 132 valence electrons. The van der Waals surface area contributed by atoms with E-state index in [0.717, 1.165) is 43.4 Å². The largest absolute Gasteiger partial charge is 0.363 e. The second-order valence-corrected chi connectivity index (χ2v) is 7.18. The van der Waals surface area contributed by atoms with E-state index >= 15 is 0 Å². The molecule has 2 aromatic heterocycles. The van der Waals surface area contributed by atoms with Crippen LogP contribution in [0.15, 0.2) is 18.5 Å². The Bertz CT molecular complexity index is 755. The van der Waals surface area contributed by atoms with E-state index in [-0.39, 0.29) is 0 Å². The molecular weight excluding hydrogens is 314 g/mol. The van der Waals surface area contributed by atoms with Gasteiger partial charge in [0.15, 0.2) is 5.82 Å². The summed E-state index contributed by atoms with van der Waals surface area (Å²) in [5, 5.41) is 8.89. The highest BCUT2D eigenvalue weighted by atomic mass is 15.4. The lowest BCUT2D eigenvalue weighted by atomic mass is 9.96. The van der Waals surface area contributed by atoms with E-state index in [2.05, 4.69) is 43.1 Å². The number of nitrogens with zero attached hydrogens (tertiary/aromatic N) is 7. The standard InChI is InChI=1S/C18H25N7/c1-23(2)16-9-17(20-12-19-16)24(3)14-10-25(11-14)18-8-13-6-4-5-7-15(13)21-22-18/h8-9,12,14H,4-7,10-11H2,1-3H3. The summed E-state index contributed by atoms with van der Waals surface area (Å²) in [4.78, 5) is 15.2. The van der Waals surface area contributed by atoms with Crippen LogP contribution in [-0.2, 0) is 12.8 Å². The Labute approximate surface area is 148 Å². The molecule has 0 saturated carbocycles. The zero-order chi connectivity index (χ0) is 17.4. The van der Waals surface area contributed by atoms with Crippen molar-refractivity contribution in [3.63, 3.8) is 0 Å². The van der Waals surface area contributed by atoms with E-state index < -0.39 is 0 Å². The molecule has 0 unspecified atom stereocenters. The van der Waals surface area contributed by atoms with Crippen molar-refractivity contribution in [3.8, 4) is 0 Å². The van der Waals surface area contributed by atoms with Crippen molar-refractivity contribution in [3.05, 3.63) is 29.7 Å². The third-order valence-corrected chi connectivity index (χ3v) is 5.25. The molecule has 0 atom stereocenters. The van der Waals surface area contributed by atoms with Crippen LogP contribution in [0.3, 0.4) is 0 Å². The number of hydrogen-bond acceptors (Lipinski definition) is 7. The van der Waals surface area contributed by atoms with Crippen molar-refractivity contribution in [2.75, 3.05) is 48.9 Å². The number of hydrogen-bond donors (Lipinski definition) is 0. The second kappa shape index (κ2) is 6.46. The smallest absolute Gasteiger partial charge is 0.151 e. The molecule has 1 aliphatic heterocycles. The van der Waals surface area contributed by atoms with Crippen molar-refractivity contribution in [1.29, 1.82) is 0 Å². The molecular formula is C18H25N7. The molecule has 7 nitrogen and oxygen atoms in total. The van der Waals surface area contributed by atoms with Crippen LogP contribution >= 0.6 is 0 Å². The lowest BCUT2D eigenvalue weighted by Gasteiger charge is -2.45. The van der Waals surface area contributed by atoms with Crippen molar-refractivity contribution in [2.45, 2.75) is 31.7 Å². The lowest BCUT2D eigenvalue weighted by molar-refractivity contribution is 0.486. The van der Waals surface area contributed by atoms with Crippen LogP contribution in [0, 0.1) is 0 Å². The first-order valence-corrected chi connectivity index (χ1v) is 8.94. The highest BCUT2D eigenvalue weighted by Gasteiger charge is 2.32. The van der Waals surface area contributed by atoms with Gasteiger partial charge in [-0.2, -0.15) is 5.10 Å². The zero-order valence-electron chi connectivity index (χ0n) is 15.2. The van der Waals surface area contributed by atoms with E-state index in [1.54, 1.807) is 6.33 Å². The number of fused-ring (bicyclic) bond motifs is 1. The average molecular weight is 339 g/mol. The maximum atomic E-state index is 4.45. The minimum Gasteiger partial charge on any atom is -0.363 e. The van der Waals surface area contributed by atoms with Crippen LogP contribution in [0.2, 0.25) is 0 Å². The number of aryl methyl sites for hydroxylation is 2. The van der Waals surface area contributed by atoms with Crippen LogP contribution in [0.5, 0.6) is 0 Å². The molecule has 2 aliphatic rings. The molecule has 3 heterocycles. The summed E-state index contributed by atoms with van der Waals surface area (Å²) in [5.74, 6) is 2.90. The molecule has 25 heavy (non-hydrogen) atoms. The van der Waals surface area contributed by atoms with E-state index in [1.807, 2.05) is 25.1 Å². The minimum absolute atomic E-state index is 0.433. The fraction of sp³-hybridized carbons (Fsp3) is 0.556. The van der Waals surface area contributed by atoms with Gasteiger partial charge in [-0.1, -0.05) is 0 Å². The lowest BCUT2D eigenvalue weighted by Crippen LogP contribution is -2.59. The van der Waals surface area contributed by atoms with Gasteiger partial charge in [0.2, 0.25) is 0 Å². The van der Waals surface area contributed by atoms with Gasteiger partial charge in [0, 0.05) is 40.3 Å². The Morgan fingerprint density at radius 3 is 2.52 bits per heavy atom. The maximum absolute atomic E-state index is 4.45. The third-order valence-electron chi connectivity index (χ3n) is 5.25. The first-order valence-electron chi connectivity index (χ1n) is 8.94. The Morgan fingerprint density at radius 2 is 1.72 bits per heavy atom. The van der Waals surface area contributed by atoms with Crippen LogP contribution in [0.25, 0.3) is 0 Å². The highest BCUT2D eigenvalue weighted by molar-refractivity contribution is 5.53. The summed E-state index contributed by atoms with van der Waals surface area (Å²) < 4.78 is 0.